The van der Waals surface area contributed by atoms with Crippen molar-refractivity contribution in [3.8, 4) is 0 Å². The standard InChI is InChI=1S/C21H25N3O2S/c1-16(25)24(19-11-7-4-8-12-19)21-22-17(15-27-21)13-14-20(26)23(2)18-9-5-3-6-10-18/h4,7-8,11-15,18H,3,5-6,9-10H2,1-2H3/b14-13+. The number of hydrogen-bond acceptors (Lipinski definition) is 4. The van der Waals surface area contributed by atoms with E-state index in [1.807, 2.05) is 47.7 Å². The maximum Gasteiger partial charge on any atom is 0.246 e. The molecule has 3 rings (SSSR count). The second-order valence-corrected chi connectivity index (χ2v) is 7.66. The molecule has 0 aliphatic heterocycles. The van der Waals surface area contributed by atoms with Crippen LogP contribution in [0.4, 0.5) is 10.8 Å². The zero-order valence-corrected chi connectivity index (χ0v) is 16.6. The first-order valence-electron chi connectivity index (χ1n) is 9.32. The van der Waals surface area contributed by atoms with Gasteiger partial charge in [0.2, 0.25) is 11.8 Å². The van der Waals surface area contributed by atoms with Crippen molar-refractivity contribution in [3.05, 3.63) is 47.5 Å². The minimum Gasteiger partial charge on any atom is -0.339 e. The third kappa shape index (κ3) is 4.83. The summed E-state index contributed by atoms with van der Waals surface area (Å²) < 4.78 is 0. The molecular weight excluding hydrogens is 358 g/mol. The van der Waals surface area contributed by atoms with Gasteiger partial charge in [-0.3, -0.25) is 14.5 Å². The van der Waals surface area contributed by atoms with Crippen molar-refractivity contribution in [3.63, 3.8) is 0 Å². The van der Waals surface area contributed by atoms with Crippen LogP contribution in [0.2, 0.25) is 0 Å². The second-order valence-electron chi connectivity index (χ2n) is 6.82. The lowest BCUT2D eigenvalue weighted by Crippen LogP contribution is -2.37. The summed E-state index contributed by atoms with van der Waals surface area (Å²) >= 11 is 1.39. The molecule has 0 radical (unpaired) electrons. The molecule has 0 saturated heterocycles. The summed E-state index contributed by atoms with van der Waals surface area (Å²) in [6.45, 7) is 1.52. The summed E-state index contributed by atoms with van der Waals surface area (Å²) in [6, 6.07) is 9.78. The average molecular weight is 384 g/mol. The molecule has 1 aromatic carbocycles. The normalized spacial score (nSPS) is 15.0. The van der Waals surface area contributed by atoms with Gasteiger partial charge < -0.3 is 4.90 Å². The number of hydrogen-bond donors (Lipinski definition) is 0. The number of anilines is 2. The first-order valence-corrected chi connectivity index (χ1v) is 10.2. The zero-order valence-electron chi connectivity index (χ0n) is 15.8. The van der Waals surface area contributed by atoms with E-state index >= 15 is 0 Å². The topological polar surface area (TPSA) is 53.5 Å². The summed E-state index contributed by atoms with van der Waals surface area (Å²) in [5.41, 5.74) is 1.46. The van der Waals surface area contributed by atoms with E-state index in [4.69, 9.17) is 0 Å². The predicted octanol–water partition coefficient (Wildman–Crippen LogP) is 4.63. The monoisotopic (exact) mass is 383 g/mol. The molecule has 1 heterocycles. The third-order valence-electron chi connectivity index (χ3n) is 4.90. The van der Waals surface area contributed by atoms with Crippen molar-refractivity contribution < 1.29 is 9.59 Å². The van der Waals surface area contributed by atoms with Crippen LogP contribution in [0, 0.1) is 0 Å². The molecule has 2 amide bonds. The lowest BCUT2D eigenvalue weighted by molar-refractivity contribution is -0.127. The van der Waals surface area contributed by atoms with Gasteiger partial charge in [0.15, 0.2) is 5.13 Å². The highest BCUT2D eigenvalue weighted by molar-refractivity contribution is 7.14. The maximum atomic E-state index is 12.4. The number of likely N-dealkylation sites (N-methyl/N-ethyl adjacent to an activating group) is 1. The summed E-state index contributed by atoms with van der Waals surface area (Å²) in [5.74, 6) is -0.0953. The van der Waals surface area contributed by atoms with Crippen LogP contribution >= 0.6 is 11.3 Å². The molecule has 27 heavy (non-hydrogen) atoms. The Hall–Kier alpha value is -2.47. The second kappa shape index (κ2) is 8.95. The van der Waals surface area contributed by atoms with Crippen LogP contribution < -0.4 is 4.90 Å². The molecule has 0 unspecified atom stereocenters. The van der Waals surface area contributed by atoms with Gasteiger partial charge in [-0.05, 0) is 31.1 Å². The van der Waals surface area contributed by atoms with E-state index < -0.39 is 0 Å². The number of carbonyl (C=O) groups excluding carboxylic acids is 2. The number of aromatic nitrogens is 1. The van der Waals surface area contributed by atoms with Gasteiger partial charge in [-0.2, -0.15) is 0 Å². The summed E-state index contributed by atoms with van der Waals surface area (Å²) in [6.07, 6.45) is 9.13. The number of carbonyl (C=O) groups is 2. The van der Waals surface area contributed by atoms with Gasteiger partial charge in [-0.1, -0.05) is 37.5 Å². The van der Waals surface area contributed by atoms with Crippen molar-refractivity contribution >= 4 is 40.0 Å². The molecule has 5 nitrogen and oxygen atoms in total. The van der Waals surface area contributed by atoms with Gasteiger partial charge in [0.25, 0.3) is 0 Å². The molecule has 0 atom stereocenters. The van der Waals surface area contributed by atoms with E-state index in [9.17, 15) is 9.59 Å². The van der Waals surface area contributed by atoms with E-state index in [1.165, 1.54) is 37.5 Å². The first-order chi connectivity index (χ1) is 13.1. The van der Waals surface area contributed by atoms with Crippen LogP contribution in [0.15, 0.2) is 41.8 Å². The smallest absolute Gasteiger partial charge is 0.246 e. The number of nitrogens with zero attached hydrogens (tertiary/aromatic N) is 3. The molecule has 1 fully saturated rings. The summed E-state index contributed by atoms with van der Waals surface area (Å²) in [5, 5.41) is 2.46. The molecule has 0 spiro atoms. The van der Waals surface area contributed by atoms with Crippen molar-refractivity contribution in [2.24, 2.45) is 0 Å². The van der Waals surface area contributed by atoms with E-state index in [2.05, 4.69) is 4.98 Å². The van der Waals surface area contributed by atoms with Gasteiger partial charge in [0.1, 0.15) is 0 Å². The van der Waals surface area contributed by atoms with E-state index in [1.54, 1.807) is 17.1 Å². The van der Waals surface area contributed by atoms with Crippen molar-refractivity contribution in [1.29, 1.82) is 0 Å². The van der Waals surface area contributed by atoms with Crippen LogP contribution in [0.5, 0.6) is 0 Å². The zero-order chi connectivity index (χ0) is 19.2. The Kier molecular flexibility index (Phi) is 6.40. The largest absolute Gasteiger partial charge is 0.339 e. The molecular formula is C21H25N3O2S. The molecule has 6 heteroatoms. The first kappa shape index (κ1) is 19.3. The maximum absolute atomic E-state index is 12.4. The van der Waals surface area contributed by atoms with Gasteiger partial charge in [0.05, 0.1) is 11.4 Å². The Bertz CT molecular complexity index is 810. The third-order valence-corrected chi connectivity index (χ3v) is 5.74. The van der Waals surface area contributed by atoms with E-state index in [0.717, 1.165) is 18.5 Å². The number of amides is 2. The highest BCUT2D eigenvalue weighted by atomic mass is 32.1. The van der Waals surface area contributed by atoms with Crippen LogP contribution in [0.1, 0.15) is 44.7 Å². The van der Waals surface area contributed by atoms with Gasteiger partial charge in [-0.15, -0.1) is 11.3 Å². The minimum absolute atomic E-state index is 0.00272. The van der Waals surface area contributed by atoms with Crippen LogP contribution in [0.3, 0.4) is 0 Å². The molecule has 1 aliphatic rings. The van der Waals surface area contributed by atoms with Crippen LogP contribution in [-0.2, 0) is 9.59 Å². The van der Waals surface area contributed by atoms with Crippen LogP contribution in [0.25, 0.3) is 6.08 Å². The Balaban J connectivity index is 1.70. The van der Waals surface area contributed by atoms with Crippen molar-refractivity contribution in [2.45, 2.75) is 45.1 Å². The van der Waals surface area contributed by atoms with Gasteiger partial charge in [-0.25, -0.2) is 4.98 Å². The lowest BCUT2D eigenvalue weighted by atomic mass is 9.94. The predicted molar refractivity (Wildman–Crippen MR) is 110 cm³/mol. The molecule has 1 aliphatic carbocycles. The Morgan fingerprint density at radius 3 is 2.52 bits per heavy atom. The van der Waals surface area contributed by atoms with Crippen LogP contribution in [-0.4, -0.2) is 34.8 Å². The molecule has 0 bridgehead atoms. The molecule has 1 aromatic heterocycles. The number of rotatable bonds is 5. The number of benzene rings is 1. The van der Waals surface area contributed by atoms with Crippen molar-refractivity contribution in [1.82, 2.24) is 9.88 Å². The molecule has 0 N–H and O–H groups in total. The average Bonchev–Trinajstić information content (AvgIpc) is 3.15. The molecule has 2 aromatic rings. The van der Waals surface area contributed by atoms with Crippen molar-refractivity contribution in [2.75, 3.05) is 11.9 Å². The minimum atomic E-state index is -0.0980. The fourth-order valence-corrected chi connectivity index (χ4v) is 4.24. The fraction of sp³-hybridized carbons (Fsp3) is 0.381. The number of para-hydroxylation sites is 1. The Morgan fingerprint density at radius 2 is 1.85 bits per heavy atom. The quantitative estimate of drug-likeness (QED) is 0.707. The summed E-state index contributed by atoms with van der Waals surface area (Å²) in [7, 11) is 1.88. The summed E-state index contributed by atoms with van der Waals surface area (Å²) in [4.78, 5) is 32.5. The number of thiazole rings is 1. The Morgan fingerprint density at radius 1 is 1.15 bits per heavy atom. The van der Waals surface area contributed by atoms with E-state index in [-0.39, 0.29) is 11.8 Å². The highest BCUT2D eigenvalue weighted by Crippen LogP contribution is 2.29. The van der Waals surface area contributed by atoms with Gasteiger partial charge >= 0.3 is 0 Å². The lowest BCUT2D eigenvalue weighted by Gasteiger charge is -2.30. The fourth-order valence-electron chi connectivity index (χ4n) is 3.38. The van der Waals surface area contributed by atoms with E-state index in [0.29, 0.717) is 16.9 Å². The molecule has 1 saturated carbocycles. The molecule has 142 valence electrons. The van der Waals surface area contributed by atoms with Gasteiger partial charge in [0, 0.05) is 31.5 Å². The highest BCUT2D eigenvalue weighted by Gasteiger charge is 2.21. The Labute approximate surface area is 164 Å². The SMILES string of the molecule is CC(=O)N(c1ccccc1)c1nc(/C=C/C(=O)N(C)C2CCCCC2)cs1.